The second-order valence-corrected chi connectivity index (χ2v) is 12.7. The van der Waals surface area contributed by atoms with E-state index in [4.69, 9.17) is 19.4 Å². The number of aryl methyl sites for hydroxylation is 1. The lowest BCUT2D eigenvalue weighted by Gasteiger charge is -2.27. The molecule has 2 fully saturated rings. The maximum atomic E-state index is 13.2. The first-order valence-electron chi connectivity index (χ1n) is 15.4. The number of nitro benzene ring substituents is 1. The highest BCUT2D eigenvalue weighted by molar-refractivity contribution is 5.96. The zero-order chi connectivity index (χ0) is 32.0. The number of methoxy groups -OCH3 is 1. The first-order chi connectivity index (χ1) is 21.5. The number of likely N-dealkylation sites (tertiary alicyclic amines) is 1. The summed E-state index contributed by atoms with van der Waals surface area (Å²) in [4.78, 5) is 45.4. The number of anilines is 5. The van der Waals surface area contributed by atoms with Crippen LogP contribution in [-0.4, -0.2) is 83.7 Å². The van der Waals surface area contributed by atoms with Gasteiger partial charge in [-0.25, -0.2) is 9.78 Å². The molecule has 238 valence electrons. The lowest BCUT2D eigenvalue weighted by Crippen LogP contribution is -2.36. The van der Waals surface area contributed by atoms with Gasteiger partial charge in [0.2, 0.25) is 5.95 Å². The number of hydrogen-bond acceptors (Lipinski definition) is 12. The maximum Gasteiger partial charge on any atom is 0.343 e. The molecule has 1 aromatic carbocycles. The van der Waals surface area contributed by atoms with Crippen LogP contribution in [0.15, 0.2) is 30.5 Å². The Labute approximate surface area is 262 Å². The van der Waals surface area contributed by atoms with E-state index in [1.807, 2.05) is 35.9 Å². The Balaban J connectivity index is 1.37. The molecule has 45 heavy (non-hydrogen) atoms. The van der Waals surface area contributed by atoms with Crippen LogP contribution in [-0.2, 0) is 10.2 Å². The Hall–Kier alpha value is -4.52. The average molecular weight is 617 g/mol. The SMILES string of the molecule is COc1cc(N(C)C[C@@H]2CCCN2C)c([N+](=O)[O-])cc1Nc1ncc(C(=O)OC(C)C)c(N2CC3(CC3)c3nc(C)ccc32)n1. The molecule has 0 bridgehead atoms. The van der Waals surface area contributed by atoms with Gasteiger partial charge in [0, 0.05) is 55.6 Å². The molecular weight excluding hydrogens is 576 g/mol. The fourth-order valence-electron chi connectivity index (χ4n) is 6.44. The molecule has 1 spiro atoms. The van der Waals surface area contributed by atoms with E-state index in [0.717, 1.165) is 49.3 Å². The topological polar surface area (TPSA) is 139 Å². The average Bonchev–Trinajstić information content (AvgIpc) is 3.58. The van der Waals surface area contributed by atoms with E-state index in [1.165, 1.54) is 19.4 Å². The smallest absolute Gasteiger partial charge is 0.343 e. The quantitative estimate of drug-likeness (QED) is 0.184. The molecular formula is C32H40N8O5. The van der Waals surface area contributed by atoms with Crippen molar-refractivity contribution in [1.82, 2.24) is 19.9 Å². The van der Waals surface area contributed by atoms with Crippen LogP contribution in [0.3, 0.4) is 0 Å². The fraction of sp³-hybridized carbons (Fsp3) is 0.500. The summed E-state index contributed by atoms with van der Waals surface area (Å²) in [7, 11) is 5.46. The van der Waals surface area contributed by atoms with Crippen molar-refractivity contribution < 1.29 is 19.2 Å². The van der Waals surface area contributed by atoms with Gasteiger partial charge in [-0.2, -0.15) is 4.98 Å². The molecule has 3 aromatic rings. The van der Waals surface area contributed by atoms with Gasteiger partial charge in [-0.05, 0) is 72.2 Å². The Morgan fingerprint density at radius 2 is 2.04 bits per heavy atom. The second-order valence-electron chi connectivity index (χ2n) is 12.7. The number of rotatable bonds is 10. The number of esters is 1. The highest BCUT2D eigenvalue weighted by atomic mass is 16.6. The van der Waals surface area contributed by atoms with Crippen molar-refractivity contribution in [2.45, 2.75) is 64.0 Å². The van der Waals surface area contributed by atoms with E-state index >= 15 is 0 Å². The number of carbonyl (C=O) groups excluding carboxylic acids is 1. The molecule has 1 aliphatic carbocycles. The molecule has 0 unspecified atom stereocenters. The van der Waals surface area contributed by atoms with Crippen molar-refractivity contribution in [3.63, 3.8) is 0 Å². The summed E-state index contributed by atoms with van der Waals surface area (Å²) < 4.78 is 11.2. The maximum absolute atomic E-state index is 13.2. The zero-order valence-corrected chi connectivity index (χ0v) is 26.7. The number of nitrogens with one attached hydrogen (secondary N) is 1. The van der Waals surface area contributed by atoms with Gasteiger partial charge in [-0.3, -0.25) is 15.1 Å². The number of ether oxygens (including phenoxy) is 2. The standard InChI is InChI=1S/C32H40N8O5/c1-19(2)45-30(41)22-16-33-31(36-29(22)39-18-32(11-12-32)28-24(39)10-9-20(3)34-28)35-23-14-26(40(42)43)25(15-27(23)44-6)38(5)17-21-8-7-13-37(21)4/h9-10,14-16,19,21H,7-8,11-13,17-18H2,1-6H3,(H,33,35,36)/t21-/m0/s1. The minimum absolute atomic E-state index is 0.0654. The van der Waals surface area contributed by atoms with Crippen LogP contribution < -0.4 is 19.9 Å². The van der Waals surface area contributed by atoms with Gasteiger partial charge in [0.1, 0.15) is 17.0 Å². The van der Waals surface area contributed by atoms with E-state index in [2.05, 4.69) is 22.2 Å². The van der Waals surface area contributed by atoms with Gasteiger partial charge in [-0.1, -0.05) is 0 Å². The van der Waals surface area contributed by atoms with Gasteiger partial charge < -0.3 is 29.5 Å². The first-order valence-corrected chi connectivity index (χ1v) is 15.4. The second kappa shape index (κ2) is 11.8. The van der Waals surface area contributed by atoms with Gasteiger partial charge in [0.25, 0.3) is 5.69 Å². The van der Waals surface area contributed by atoms with Gasteiger partial charge in [-0.15, -0.1) is 0 Å². The molecule has 13 heteroatoms. The lowest BCUT2D eigenvalue weighted by molar-refractivity contribution is -0.384. The molecule has 2 aliphatic heterocycles. The van der Waals surface area contributed by atoms with Crippen molar-refractivity contribution in [1.29, 1.82) is 0 Å². The van der Waals surface area contributed by atoms with Crippen LogP contribution in [0.5, 0.6) is 5.75 Å². The van der Waals surface area contributed by atoms with Crippen LogP contribution in [0.1, 0.15) is 61.3 Å². The molecule has 2 aromatic heterocycles. The molecule has 1 N–H and O–H groups in total. The summed E-state index contributed by atoms with van der Waals surface area (Å²) >= 11 is 0. The number of aromatic nitrogens is 3. The molecule has 4 heterocycles. The number of nitrogens with zero attached hydrogens (tertiary/aromatic N) is 7. The number of fused-ring (bicyclic) bond motifs is 2. The normalized spacial score (nSPS) is 18.3. The van der Waals surface area contributed by atoms with Crippen molar-refractivity contribution in [2.75, 3.05) is 56.0 Å². The molecule has 1 atom stereocenters. The molecule has 1 saturated carbocycles. The Morgan fingerprint density at radius 3 is 2.69 bits per heavy atom. The van der Waals surface area contributed by atoms with Crippen molar-refractivity contribution in [2.24, 2.45) is 0 Å². The van der Waals surface area contributed by atoms with E-state index in [-0.39, 0.29) is 28.7 Å². The van der Waals surface area contributed by atoms with Crippen LogP contribution in [0.4, 0.5) is 34.5 Å². The predicted octanol–water partition coefficient (Wildman–Crippen LogP) is 5.12. The fourth-order valence-corrected chi connectivity index (χ4v) is 6.44. The van der Waals surface area contributed by atoms with Gasteiger partial charge in [0.05, 0.1) is 35.2 Å². The van der Waals surface area contributed by atoms with Crippen molar-refractivity contribution in [3.05, 3.63) is 57.5 Å². The third-order valence-electron chi connectivity index (χ3n) is 9.01. The summed E-state index contributed by atoms with van der Waals surface area (Å²) in [5.41, 5.74) is 3.73. The largest absolute Gasteiger partial charge is 0.494 e. The highest BCUT2D eigenvalue weighted by Crippen LogP contribution is 2.57. The Kier molecular flexibility index (Phi) is 7.98. The minimum atomic E-state index is -0.529. The van der Waals surface area contributed by atoms with Gasteiger partial charge in [0.15, 0.2) is 5.82 Å². The third kappa shape index (κ3) is 5.84. The van der Waals surface area contributed by atoms with Crippen molar-refractivity contribution in [3.8, 4) is 5.75 Å². The summed E-state index contributed by atoms with van der Waals surface area (Å²) in [6.07, 6.45) is 5.28. The molecule has 3 aliphatic rings. The van der Waals surface area contributed by atoms with Crippen LogP contribution in [0.25, 0.3) is 0 Å². The molecule has 6 rings (SSSR count). The van der Waals surface area contributed by atoms with Gasteiger partial charge >= 0.3 is 5.97 Å². The summed E-state index contributed by atoms with van der Waals surface area (Å²) in [5.74, 6) is 0.419. The molecule has 13 nitrogen and oxygen atoms in total. The predicted molar refractivity (Wildman–Crippen MR) is 171 cm³/mol. The molecule has 0 radical (unpaired) electrons. The van der Waals surface area contributed by atoms with Crippen LogP contribution in [0, 0.1) is 17.0 Å². The summed E-state index contributed by atoms with van der Waals surface area (Å²) in [6.45, 7) is 7.85. The highest BCUT2D eigenvalue weighted by Gasteiger charge is 2.54. The van der Waals surface area contributed by atoms with E-state index in [0.29, 0.717) is 42.1 Å². The number of hydrogen-bond donors (Lipinski definition) is 1. The summed E-state index contributed by atoms with van der Waals surface area (Å²) in [6, 6.07) is 7.40. The number of benzene rings is 1. The zero-order valence-electron chi connectivity index (χ0n) is 26.7. The Bertz CT molecular complexity index is 1640. The first kappa shape index (κ1) is 30.5. The summed E-state index contributed by atoms with van der Waals surface area (Å²) in [5, 5.41) is 15.4. The Morgan fingerprint density at radius 1 is 1.27 bits per heavy atom. The monoisotopic (exact) mass is 616 g/mol. The number of carbonyl (C=O) groups is 1. The number of pyridine rings is 1. The van der Waals surface area contributed by atoms with Crippen LogP contribution in [0.2, 0.25) is 0 Å². The minimum Gasteiger partial charge on any atom is -0.494 e. The number of likely N-dealkylation sites (N-methyl/N-ethyl adjacent to an activating group) is 2. The third-order valence-corrected chi connectivity index (χ3v) is 9.01. The molecule has 0 amide bonds. The van der Waals surface area contributed by atoms with E-state index in [1.54, 1.807) is 19.9 Å². The lowest BCUT2D eigenvalue weighted by atomic mass is 10.0. The van der Waals surface area contributed by atoms with E-state index < -0.39 is 10.9 Å². The van der Waals surface area contributed by atoms with E-state index in [9.17, 15) is 14.9 Å². The van der Waals surface area contributed by atoms with Crippen LogP contribution >= 0.6 is 0 Å². The number of nitro groups is 1. The van der Waals surface area contributed by atoms with Crippen molar-refractivity contribution >= 4 is 40.5 Å². The molecule has 1 saturated heterocycles.